The molecule has 1 amide bonds. The molecule has 0 aromatic rings. The van der Waals surface area contributed by atoms with Gasteiger partial charge in [0, 0.05) is 32.3 Å². The van der Waals surface area contributed by atoms with Crippen molar-refractivity contribution in [1.29, 1.82) is 0 Å². The van der Waals surface area contributed by atoms with E-state index in [0.29, 0.717) is 11.9 Å². The number of hydrogen-bond acceptors (Lipinski definition) is 3. The van der Waals surface area contributed by atoms with Crippen LogP contribution in [0, 0.1) is 23.2 Å². The van der Waals surface area contributed by atoms with E-state index in [1.807, 2.05) is 0 Å². The maximum absolute atomic E-state index is 13.8. The van der Waals surface area contributed by atoms with E-state index in [9.17, 15) is 4.79 Å². The Labute approximate surface area is 146 Å². The van der Waals surface area contributed by atoms with Gasteiger partial charge in [-0.3, -0.25) is 4.79 Å². The highest BCUT2D eigenvalue weighted by Gasteiger charge is 2.56. The molecule has 1 saturated heterocycles. The van der Waals surface area contributed by atoms with E-state index in [1.165, 1.54) is 38.5 Å². The maximum atomic E-state index is 13.8. The molecule has 24 heavy (non-hydrogen) atoms. The third-order valence-electron chi connectivity index (χ3n) is 7.17. The van der Waals surface area contributed by atoms with Crippen molar-refractivity contribution in [3.05, 3.63) is 0 Å². The number of carbonyl (C=O) groups is 1. The van der Waals surface area contributed by atoms with Gasteiger partial charge in [0.25, 0.3) is 0 Å². The Hall–Kier alpha value is -0.610. The Morgan fingerprint density at radius 2 is 1.50 bits per heavy atom. The molecule has 0 atom stereocenters. The second-order valence-corrected chi connectivity index (χ2v) is 9.34. The van der Waals surface area contributed by atoms with Gasteiger partial charge in [0.2, 0.25) is 5.91 Å². The van der Waals surface area contributed by atoms with Crippen LogP contribution in [-0.4, -0.2) is 62.1 Å². The van der Waals surface area contributed by atoms with Crippen molar-refractivity contribution < 1.29 is 9.53 Å². The number of rotatable bonds is 5. The van der Waals surface area contributed by atoms with Crippen LogP contribution in [0.2, 0.25) is 0 Å². The molecule has 0 N–H and O–H groups in total. The van der Waals surface area contributed by atoms with Crippen LogP contribution >= 0.6 is 0 Å². The average Bonchev–Trinajstić information content (AvgIpc) is 2.54. The highest BCUT2D eigenvalue weighted by atomic mass is 16.5. The minimum absolute atomic E-state index is 0.000628. The van der Waals surface area contributed by atoms with Crippen molar-refractivity contribution in [1.82, 2.24) is 9.80 Å². The molecule has 4 heteroatoms. The first kappa shape index (κ1) is 16.8. The molecule has 5 fully saturated rings. The van der Waals surface area contributed by atoms with Crippen LogP contribution in [-0.2, 0) is 9.53 Å². The Kier molecular flexibility index (Phi) is 4.63. The lowest BCUT2D eigenvalue weighted by Crippen LogP contribution is -2.58. The zero-order valence-corrected chi connectivity index (χ0v) is 15.5. The number of nitrogens with zero attached hydrogens (tertiary/aromatic N) is 2. The number of likely N-dealkylation sites (N-methyl/N-ethyl adjacent to an activating group) is 1. The fourth-order valence-electron chi connectivity index (χ4n) is 6.43. The van der Waals surface area contributed by atoms with Crippen molar-refractivity contribution in [3.63, 3.8) is 0 Å². The molecule has 4 aliphatic carbocycles. The Morgan fingerprint density at radius 3 is 2.00 bits per heavy atom. The van der Waals surface area contributed by atoms with Crippen molar-refractivity contribution in [2.24, 2.45) is 23.2 Å². The van der Waals surface area contributed by atoms with Crippen LogP contribution in [0.15, 0.2) is 0 Å². The summed E-state index contributed by atoms with van der Waals surface area (Å²) in [5.74, 6) is 3.03. The summed E-state index contributed by atoms with van der Waals surface area (Å²) < 4.78 is 5.56. The highest BCUT2D eigenvalue weighted by Crippen LogP contribution is 2.60. The van der Waals surface area contributed by atoms with E-state index in [1.54, 1.807) is 0 Å². The Balaban J connectivity index is 1.53. The van der Waals surface area contributed by atoms with E-state index in [2.05, 4.69) is 23.9 Å². The molecular weight excluding hydrogens is 300 g/mol. The molecule has 0 unspecified atom stereocenters. The molecule has 5 aliphatic rings. The molecular formula is C20H34N2O2. The summed E-state index contributed by atoms with van der Waals surface area (Å²) in [5, 5.41) is 0. The Bertz CT molecular complexity index is 435. The van der Waals surface area contributed by atoms with Gasteiger partial charge in [-0.05, 0) is 83.2 Å². The quantitative estimate of drug-likeness (QED) is 0.775. The molecule has 0 aromatic carbocycles. The largest absolute Gasteiger partial charge is 0.381 e. The summed E-state index contributed by atoms with van der Waals surface area (Å²) in [6.07, 6.45) is 9.79. The zero-order valence-electron chi connectivity index (χ0n) is 15.5. The van der Waals surface area contributed by atoms with Gasteiger partial charge in [0.05, 0.1) is 5.41 Å². The third-order valence-corrected chi connectivity index (χ3v) is 7.17. The van der Waals surface area contributed by atoms with Crippen LogP contribution < -0.4 is 0 Å². The van der Waals surface area contributed by atoms with Crippen molar-refractivity contribution in [3.8, 4) is 0 Å². The standard InChI is InChI=1S/C20H34N2O2/c1-21(2)5-6-22(18-3-7-24-8-4-18)19(23)20-12-15-9-16(13-20)11-17(10-15)14-20/h15-18H,3-14H2,1-2H3. The lowest BCUT2D eigenvalue weighted by atomic mass is 9.49. The monoisotopic (exact) mass is 334 g/mol. The number of amides is 1. The average molecular weight is 335 g/mol. The SMILES string of the molecule is CN(C)CCN(C(=O)C12CC3CC(CC(C3)C1)C2)C1CCOCC1. The van der Waals surface area contributed by atoms with Gasteiger partial charge in [-0.25, -0.2) is 0 Å². The normalized spacial score (nSPS) is 38.7. The topological polar surface area (TPSA) is 32.8 Å². The summed E-state index contributed by atoms with van der Waals surface area (Å²) in [6, 6.07) is 0.402. The van der Waals surface area contributed by atoms with E-state index in [-0.39, 0.29) is 5.41 Å². The summed E-state index contributed by atoms with van der Waals surface area (Å²) in [4.78, 5) is 18.3. The second kappa shape index (κ2) is 6.60. The van der Waals surface area contributed by atoms with Gasteiger partial charge in [0.1, 0.15) is 0 Å². The van der Waals surface area contributed by atoms with E-state index in [4.69, 9.17) is 4.74 Å². The third kappa shape index (κ3) is 3.12. The second-order valence-electron chi connectivity index (χ2n) is 9.34. The van der Waals surface area contributed by atoms with Crippen molar-refractivity contribution in [2.45, 2.75) is 57.4 Å². The van der Waals surface area contributed by atoms with Crippen LogP contribution in [0.25, 0.3) is 0 Å². The van der Waals surface area contributed by atoms with E-state index >= 15 is 0 Å². The first-order valence-electron chi connectivity index (χ1n) is 10.1. The smallest absolute Gasteiger partial charge is 0.229 e. The summed E-state index contributed by atoms with van der Waals surface area (Å²) >= 11 is 0. The summed E-state index contributed by atoms with van der Waals surface area (Å²) in [6.45, 7) is 3.49. The lowest BCUT2D eigenvalue weighted by molar-refractivity contribution is -0.162. The number of hydrogen-bond donors (Lipinski definition) is 0. The molecule has 0 aromatic heterocycles. The molecule has 0 spiro atoms. The van der Waals surface area contributed by atoms with Gasteiger partial charge >= 0.3 is 0 Å². The Morgan fingerprint density at radius 1 is 0.958 bits per heavy atom. The molecule has 4 bridgehead atoms. The lowest BCUT2D eigenvalue weighted by Gasteiger charge is -2.57. The first-order valence-corrected chi connectivity index (χ1v) is 10.1. The molecule has 1 heterocycles. The minimum Gasteiger partial charge on any atom is -0.381 e. The predicted molar refractivity (Wildman–Crippen MR) is 94.7 cm³/mol. The maximum Gasteiger partial charge on any atom is 0.229 e. The molecule has 4 nitrogen and oxygen atoms in total. The van der Waals surface area contributed by atoms with Crippen LogP contribution in [0.4, 0.5) is 0 Å². The fraction of sp³-hybridized carbons (Fsp3) is 0.950. The van der Waals surface area contributed by atoms with Gasteiger partial charge < -0.3 is 14.5 Å². The first-order chi connectivity index (χ1) is 11.6. The molecule has 4 saturated carbocycles. The van der Waals surface area contributed by atoms with Gasteiger partial charge in [-0.1, -0.05) is 0 Å². The van der Waals surface area contributed by atoms with Crippen LogP contribution in [0.1, 0.15) is 51.4 Å². The summed E-state index contributed by atoms with van der Waals surface area (Å²) in [7, 11) is 4.22. The van der Waals surface area contributed by atoms with Gasteiger partial charge in [-0.15, -0.1) is 0 Å². The van der Waals surface area contributed by atoms with Gasteiger partial charge in [0.15, 0.2) is 0 Å². The number of carbonyl (C=O) groups excluding carboxylic acids is 1. The number of ether oxygens (including phenoxy) is 1. The zero-order chi connectivity index (χ0) is 16.7. The molecule has 136 valence electrons. The van der Waals surface area contributed by atoms with Crippen LogP contribution in [0.3, 0.4) is 0 Å². The van der Waals surface area contributed by atoms with Crippen molar-refractivity contribution in [2.75, 3.05) is 40.4 Å². The van der Waals surface area contributed by atoms with Crippen LogP contribution in [0.5, 0.6) is 0 Å². The molecule has 5 rings (SSSR count). The molecule has 0 radical (unpaired) electrons. The minimum atomic E-state index is -0.000628. The molecule has 1 aliphatic heterocycles. The van der Waals surface area contributed by atoms with Crippen molar-refractivity contribution >= 4 is 5.91 Å². The van der Waals surface area contributed by atoms with E-state index < -0.39 is 0 Å². The highest BCUT2D eigenvalue weighted by molar-refractivity contribution is 5.83. The fourth-order valence-corrected chi connectivity index (χ4v) is 6.43. The van der Waals surface area contributed by atoms with Gasteiger partial charge in [-0.2, -0.15) is 0 Å². The predicted octanol–water partition coefficient (Wildman–Crippen LogP) is 2.77. The van der Waals surface area contributed by atoms with E-state index in [0.717, 1.165) is 56.9 Å². The summed E-state index contributed by atoms with van der Waals surface area (Å²) in [5.41, 5.74) is -0.000628.